The predicted molar refractivity (Wildman–Crippen MR) is 117 cm³/mol. The summed E-state index contributed by atoms with van der Waals surface area (Å²) in [6.45, 7) is 7.58. The van der Waals surface area contributed by atoms with Gasteiger partial charge in [0.25, 0.3) is 5.91 Å². The van der Waals surface area contributed by atoms with Crippen LogP contribution in [0.25, 0.3) is 0 Å². The van der Waals surface area contributed by atoms with E-state index in [1.165, 1.54) is 24.2 Å². The van der Waals surface area contributed by atoms with Crippen molar-refractivity contribution in [1.82, 2.24) is 10.1 Å². The molecule has 1 aliphatic carbocycles. The van der Waals surface area contributed by atoms with Crippen molar-refractivity contribution in [2.24, 2.45) is 5.92 Å². The van der Waals surface area contributed by atoms with Crippen LogP contribution in [0.15, 0.2) is 12.1 Å². The van der Waals surface area contributed by atoms with Crippen LogP contribution >= 0.6 is 0 Å². The van der Waals surface area contributed by atoms with Gasteiger partial charge in [-0.1, -0.05) is 24.1 Å². The maximum Gasteiger partial charge on any atom is 0.334 e. The van der Waals surface area contributed by atoms with Crippen LogP contribution in [0.2, 0.25) is 0 Å². The van der Waals surface area contributed by atoms with Gasteiger partial charge >= 0.3 is 5.97 Å². The van der Waals surface area contributed by atoms with Crippen LogP contribution in [0.1, 0.15) is 54.4 Å². The van der Waals surface area contributed by atoms with E-state index in [0.29, 0.717) is 38.5 Å². The molecule has 0 atom stereocenters. The number of methoxy groups -OCH3 is 1. The first-order valence-corrected chi connectivity index (χ1v) is 11.2. The van der Waals surface area contributed by atoms with E-state index in [-0.39, 0.29) is 12.3 Å². The predicted octanol–water partition coefficient (Wildman–Crippen LogP) is 3.28. The lowest BCUT2D eigenvalue weighted by molar-refractivity contribution is -0.253. The topological polar surface area (TPSA) is 68.3 Å². The largest absolute Gasteiger partial charge is 0.467 e. The summed E-state index contributed by atoms with van der Waals surface area (Å²) in [5.41, 5.74) is 3.17. The molecule has 31 heavy (non-hydrogen) atoms. The number of piperidine rings is 1. The highest BCUT2D eigenvalue weighted by Gasteiger charge is 2.51. The number of hydroxylamine groups is 4. The Morgan fingerprint density at radius 3 is 2.19 bits per heavy atom. The molecular weight excluding hydrogens is 396 g/mol. The lowest BCUT2D eigenvalue weighted by atomic mass is 9.86. The summed E-state index contributed by atoms with van der Waals surface area (Å²) in [5.74, 6) is -0.194. The Bertz CT molecular complexity index is 774. The van der Waals surface area contributed by atoms with Gasteiger partial charge in [0.1, 0.15) is 0 Å². The number of benzene rings is 1. The lowest BCUT2D eigenvalue weighted by Crippen LogP contribution is -2.62. The summed E-state index contributed by atoms with van der Waals surface area (Å²) in [7, 11) is 2.99. The fourth-order valence-corrected chi connectivity index (χ4v) is 4.70. The van der Waals surface area contributed by atoms with Crippen molar-refractivity contribution < 1.29 is 24.0 Å². The molecule has 7 heteroatoms. The molecule has 0 bridgehead atoms. The van der Waals surface area contributed by atoms with Crippen LogP contribution in [0.5, 0.6) is 0 Å². The smallest absolute Gasteiger partial charge is 0.334 e. The third-order valence-corrected chi connectivity index (χ3v) is 6.82. The molecular formula is C24H36N2O5. The van der Waals surface area contributed by atoms with Crippen molar-refractivity contribution in [2.45, 2.75) is 64.8 Å². The Morgan fingerprint density at radius 1 is 1.10 bits per heavy atom. The van der Waals surface area contributed by atoms with Gasteiger partial charge < -0.3 is 9.57 Å². The van der Waals surface area contributed by atoms with Crippen LogP contribution < -0.4 is 0 Å². The SMILES string of the molecule is COC(=O)C1(N(OCC2CCC2)C(=O)Cc2c(C)cc(C)cc2C)CCN(OC)CC1. The van der Waals surface area contributed by atoms with Gasteiger partial charge in [0.05, 0.1) is 27.2 Å². The maximum atomic E-state index is 13.6. The van der Waals surface area contributed by atoms with Crippen molar-refractivity contribution in [3.63, 3.8) is 0 Å². The van der Waals surface area contributed by atoms with Crippen molar-refractivity contribution in [1.29, 1.82) is 0 Å². The maximum absolute atomic E-state index is 13.6. The minimum atomic E-state index is -1.14. The number of aryl methyl sites for hydroxylation is 3. The number of hydrogen-bond donors (Lipinski definition) is 0. The number of ether oxygens (including phenoxy) is 1. The zero-order chi connectivity index (χ0) is 22.6. The number of amides is 1. The minimum Gasteiger partial charge on any atom is -0.467 e. The average Bonchev–Trinajstić information content (AvgIpc) is 2.71. The summed E-state index contributed by atoms with van der Waals surface area (Å²) in [6.07, 6.45) is 4.37. The Balaban J connectivity index is 1.90. The quantitative estimate of drug-likeness (QED) is 0.464. The van der Waals surface area contributed by atoms with E-state index >= 15 is 0 Å². The highest BCUT2D eigenvalue weighted by atomic mass is 16.7. The standard InChI is InChI=1S/C24H36N2O5/c1-17-13-18(2)21(19(3)14-17)15-22(27)26(31-16-20-7-6-8-20)24(23(28)29-4)9-11-25(30-5)12-10-24/h13-14,20H,6-12,15-16H2,1-5H3. The number of carbonyl (C=O) groups is 2. The molecule has 1 aromatic carbocycles. The first kappa shape index (κ1) is 23.7. The Hall–Kier alpha value is -1.96. The number of nitrogens with zero attached hydrogens (tertiary/aromatic N) is 2. The Labute approximate surface area is 185 Å². The summed E-state index contributed by atoms with van der Waals surface area (Å²) in [6, 6.07) is 4.17. The zero-order valence-electron chi connectivity index (χ0n) is 19.5. The first-order valence-electron chi connectivity index (χ1n) is 11.2. The van der Waals surface area contributed by atoms with Crippen LogP contribution in [-0.2, 0) is 30.4 Å². The summed E-state index contributed by atoms with van der Waals surface area (Å²) < 4.78 is 5.18. The minimum absolute atomic E-state index is 0.190. The van der Waals surface area contributed by atoms with E-state index in [1.807, 2.05) is 13.8 Å². The molecule has 1 aromatic rings. The summed E-state index contributed by atoms with van der Waals surface area (Å²) in [5, 5.41) is 3.16. The molecule has 1 saturated heterocycles. The van der Waals surface area contributed by atoms with E-state index in [0.717, 1.165) is 29.5 Å². The Kier molecular flexibility index (Phi) is 7.73. The molecule has 2 fully saturated rings. The normalized spacial score (nSPS) is 19.0. The number of hydrogen-bond acceptors (Lipinski definition) is 6. The molecule has 0 N–H and O–H groups in total. The van der Waals surface area contributed by atoms with Gasteiger partial charge in [0, 0.05) is 13.1 Å². The number of rotatable bonds is 8. The van der Waals surface area contributed by atoms with Gasteiger partial charge in [0.15, 0.2) is 5.54 Å². The van der Waals surface area contributed by atoms with Gasteiger partial charge in [-0.3, -0.25) is 9.63 Å². The molecule has 2 aliphatic rings. The van der Waals surface area contributed by atoms with E-state index in [1.54, 1.807) is 12.2 Å². The van der Waals surface area contributed by atoms with Gasteiger partial charge in [-0.25, -0.2) is 9.86 Å². The van der Waals surface area contributed by atoms with Crippen molar-refractivity contribution in [2.75, 3.05) is 33.9 Å². The molecule has 0 radical (unpaired) electrons. The number of carbonyl (C=O) groups excluding carboxylic acids is 2. The molecule has 0 spiro atoms. The second-order valence-electron chi connectivity index (χ2n) is 8.97. The van der Waals surface area contributed by atoms with Gasteiger partial charge in [0.2, 0.25) is 0 Å². The third kappa shape index (κ3) is 5.10. The van der Waals surface area contributed by atoms with Crippen molar-refractivity contribution >= 4 is 11.9 Å². The molecule has 1 saturated carbocycles. The van der Waals surface area contributed by atoms with Crippen molar-refractivity contribution in [3.8, 4) is 0 Å². The van der Waals surface area contributed by atoms with Crippen LogP contribution in [0, 0.1) is 26.7 Å². The fourth-order valence-electron chi connectivity index (χ4n) is 4.70. The average molecular weight is 433 g/mol. The molecule has 1 aliphatic heterocycles. The molecule has 1 heterocycles. The molecule has 172 valence electrons. The van der Waals surface area contributed by atoms with Crippen LogP contribution in [-0.4, -0.2) is 61.5 Å². The van der Waals surface area contributed by atoms with Gasteiger partial charge in [-0.05, 0) is 69.1 Å². The number of esters is 1. The second-order valence-corrected chi connectivity index (χ2v) is 8.97. The fraction of sp³-hybridized carbons (Fsp3) is 0.667. The molecule has 7 nitrogen and oxygen atoms in total. The summed E-state index contributed by atoms with van der Waals surface area (Å²) >= 11 is 0. The van der Waals surface area contributed by atoms with Crippen LogP contribution in [0.4, 0.5) is 0 Å². The highest BCUT2D eigenvalue weighted by molar-refractivity contribution is 5.88. The highest BCUT2D eigenvalue weighted by Crippen LogP contribution is 2.34. The van der Waals surface area contributed by atoms with Gasteiger partial charge in [-0.15, -0.1) is 0 Å². The summed E-state index contributed by atoms with van der Waals surface area (Å²) in [4.78, 5) is 38.2. The molecule has 3 rings (SSSR count). The molecule has 1 amide bonds. The van der Waals surface area contributed by atoms with Crippen LogP contribution in [0.3, 0.4) is 0 Å². The van der Waals surface area contributed by atoms with E-state index in [4.69, 9.17) is 14.4 Å². The van der Waals surface area contributed by atoms with E-state index < -0.39 is 11.5 Å². The molecule has 0 aromatic heterocycles. The third-order valence-electron chi connectivity index (χ3n) is 6.82. The second kappa shape index (κ2) is 10.1. The Morgan fingerprint density at radius 2 is 1.71 bits per heavy atom. The zero-order valence-corrected chi connectivity index (χ0v) is 19.5. The monoisotopic (exact) mass is 432 g/mol. The first-order chi connectivity index (χ1) is 14.8. The molecule has 0 unspecified atom stereocenters. The van der Waals surface area contributed by atoms with E-state index in [9.17, 15) is 9.59 Å². The van der Waals surface area contributed by atoms with Gasteiger partial charge in [-0.2, -0.15) is 5.06 Å². The van der Waals surface area contributed by atoms with E-state index in [2.05, 4.69) is 19.1 Å². The van der Waals surface area contributed by atoms with Crippen molar-refractivity contribution in [3.05, 3.63) is 34.4 Å². The lowest BCUT2D eigenvalue weighted by Gasteiger charge is -2.45.